The van der Waals surface area contributed by atoms with Gasteiger partial charge in [0.05, 0.1) is 12.1 Å². The molecule has 0 spiro atoms. The van der Waals surface area contributed by atoms with Crippen molar-refractivity contribution in [2.75, 3.05) is 24.7 Å². The van der Waals surface area contributed by atoms with Gasteiger partial charge in [-0.15, -0.1) is 0 Å². The quantitative estimate of drug-likeness (QED) is 0.632. The number of aromatic nitrogens is 2. The van der Waals surface area contributed by atoms with E-state index in [0.29, 0.717) is 18.8 Å². The number of amides is 2. The van der Waals surface area contributed by atoms with Gasteiger partial charge in [-0.25, -0.2) is 4.98 Å². The van der Waals surface area contributed by atoms with Crippen LogP contribution in [0.25, 0.3) is 5.69 Å². The molecule has 0 aliphatic carbocycles. The maximum atomic E-state index is 13.4. The number of carbonyl (C=O) groups is 2. The number of piperidine rings is 1. The third kappa shape index (κ3) is 4.26. The summed E-state index contributed by atoms with van der Waals surface area (Å²) in [5, 5.41) is 3.73. The Morgan fingerprint density at radius 2 is 1.77 bits per heavy atom. The first-order chi connectivity index (χ1) is 14.7. The first-order valence-corrected chi connectivity index (χ1v) is 11.2. The fraction of sp³-hybridized carbons (Fsp3) is 0.261. The molecular formula is C23H24N4O2S. The summed E-state index contributed by atoms with van der Waals surface area (Å²) in [5.41, 5.74) is 2.20. The van der Waals surface area contributed by atoms with Gasteiger partial charge in [0, 0.05) is 24.5 Å². The van der Waals surface area contributed by atoms with Crippen molar-refractivity contribution >= 4 is 29.3 Å². The minimum absolute atomic E-state index is 0.0416. The van der Waals surface area contributed by atoms with Crippen LogP contribution in [0.3, 0.4) is 0 Å². The predicted octanol–water partition coefficient (Wildman–Crippen LogP) is 4.09. The smallest absolute Gasteiger partial charge is 0.272 e. The third-order valence-electron chi connectivity index (χ3n) is 5.27. The van der Waals surface area contributed by atoms with E-state index in [4.69, 9.17) is 0 Å². The van der Waals surface area contributed by atoms with Gasteiger partial charge in [0.1, 0.15) is 5.69 Å². The van der Waals surface area contributed by atoms with Crippen LogP contribution < -0.4 is 5.32 Å². The average molecular weight is 421 g/mol. The molecule has 0 bridgehead atoms. The average Bonchev–Trinajstić information content (AvgIpc) is 3.24. The number of benzene rings is 2. The van der Waals surface area contributed by atoms with Crippen LogP contribution in [-0.2, 0) is 4.79 Å². The van der Waals surface area contributed by atoms with Crippen LogP contribution in [0, 0.1) is 5.92 Å². The van der Waals surface area contributed by atoms with Gasteiger partial charge in [-0.3, -0.25) is 14.2 Å². The highest BCUT2D eigenvalue weighted by Gasteiger charge is 2.31. The van der Waals surface area contributed by atoms with Crippen LogP contribution in [0.2, 0.25) is 0 Å². The molecule has 1 fully saturated rings. The largest absolute Gasteiger partial charge is 0.337 e. The van der Waals surface area contributed by atoms with E-state index in [1.807, 2.05) is 71.5 Å². The van der Waals surface area contributed by atoms with Crippen molar-refractivity contribution in [3.63, 3.8) is 0 Å². The van der Waals surface area contributed by atoms with Crippen LogP contribution in [0.1, 0.15) is 23.3 Å². The summed E-state index contributed by atoms with van der Waals surface area (Å²) in [7, 11) is 0. The lowest BCUT2D eigenvalue weighted by Gasteiger charge is -2.32. The molecule has 1 aliphatic rings. The van der Waals surface area contributed by atoms with Gasteiger partial charge in [-0.2, -0.15) is 0 Å². The van der Waals surface area contributed by atoms with E-state index in [1.165, 1.54) is 11.8 Å². The molecule has 1 aromatic heterocycles. The summed E-state index contributed by atoms with van der Waals surface area (Å²) in [5.74, 6) is -0.361. The lowest BCUT2D eigenvalue weighted by atomic mass is 9.96. The summed E-state index contributed by atoms with van der Waals surface area (Å²) in [6, 6.07) is 19.2. The number of para-hydroxylation sites is 2. The van der Waals surface area contributed by atoms with Crippen molar-refractivity contribution in [1.29, 1.82) is 0 Å². The number of thioether (sulfide) groups is 1. The maximum Gasteiger partial charge on any atom is 0.272 e. The number of carbonyl (C=O) groups excluding carboxylic acids is 2. The highest BCUT2D eigenvalue weighted by molar-refractivity contribution is 7.98. The Morgan fingerprint density at radius 1 is 1.07 bits per heavy atom. The zero-order valence-corrected chi connectivity index (χ0v) is 17.6. The Bertz CT molecular complexity index is 1020. The van der Waals surface area contributed by atoms with E-state index in [9.17, 15) is 9.59 Å². The van der Waals surface area contributed by atoms with Crippen molar-refractivity contribution in [3.8, 4) is 5.69 Å². The molecule has 154 valence electrons. The van der Waals surface area contributed by atoms with Gasteiger partial charge >= 0.3 is 0 Å². The number of hydrogen-bond donors (Lipinski definition) is 1. The minimum Gasteiger partial charge on any atom is -0.337 e. The monoisotopic (exact) mass is 420 g/mol. The summed E-state index contributed by atoms with van der Waals surface area (Å²) >= 11 is 1.50. The summed E-state index contributed by atoms with van der Waals surface area (Å²) < 4.78 is 1.89. The number of imidazole rings is 1. The van der Waals surface area contributed by atoms with Crippen LogP contribution in [-0.4, -0.2) is 45.6 Å². The van der Waals surface area contributed by atoms with Crippen molar-refractivity contribution in [2.45, 2.75) is 18.0 Å². The molecule has 1 saturated heterocycles. The standard InChI is InChI=1S/C23H24N4O2S/c1-30-23-24-15-20(27(23)19-12-6-3-7-13-19)22(29)26-14-8-9-17(16-26)21(28)25-18-10-4-2-5-11-18/h2-7,10-13,15,17H,8-9,14,16H2,1H3,(H,25,28)/t17-/m0/s1. The zero-order valence-electron chi connectivity index (χ0n) is 16.8. The molecule has 4 rings (SSSR count). The van der Waals surface area contributed by atoms with E-state index < -0.39 is 0 Å². The third-order valence-corrected chi connectivity index (χ3v) is 5.92. The SMILES string of the molecule is CSc1ncc(C(=O)N2CCC[C@H](C(=O)Nc3ccccc3)C2)n1-c1ccccc1. The van der Waals surface area contributed by atoms with Crippen LogP contribution in [0.15, 0.2) is 72.0 Å². The van der Waals surface area contributed by atoms with Gasteiger partial charge < -0.3 is 10.2 Å². The summed E-state index contributed by atoms with van der Waals surface area (Å²) in [6.07, 6.45) is 5.15. The van der Waals surface area contributed by atoms with E-state index in [2.05, 4.69) is 10.3 Å². The van der Waals surface area contributed by atoms with E-state index in [0.717, 1.165) is 29.4 Å². The Labute approximate surface area is 180 Å². The van der Waals surface area contributed by atoms with Crippen LogP contribution >= 0.6 is 11.8 Å². The molecule has 3 aromatic rings. The van der Waals surface area contributed by atoms with Gasteiger partial charge in [-0.05, 0) is 43.4 Å². The second kappa shape index (κ2) is 9.17. The normalized spacial score (nSPS) is 16.3. The number of nitrogens with one attached hydrogen (secondary N) is 1. The Balaban J connectivity index is 1.53. The van der Waals surface area contributed by atoms with Gasteiger partial charge in [0.2, 0.25) is 5.91 Å². The molecule has 30 heavy (non-hydrogen) atoms. The fourth-order valence-electron chi connectivity index (χ4n) is 3.76. The molecule has 2 aromatic carbocycles. The first kappa shape index (κ1) is 20.2. The second-order valence-electron chi connectivity index (χ2n) is 7.25. The molecule has 6 nitrogen and oxygen atoms in total. The number of nitrogens with zero attached hydrogens (tertiary/aromatic N) is 3. The van der Waals surface area contributed by atoms with Crippen molar-refractivity contribution in [2.24, 2.45) is 5.92 Å². The number of rotatable bonds is 5. The molecule has 2 heterocycles. The molecule has 1 atom stereocenters. The number of hydrogen-bond acceptors (Lipinski definition) is 4. The fourth-order valence-corrected chi connectivity index (χ4v) is 4.30. The molecule has 1 aliphatic heterocycles. The van der Waals surface area contributed by atoms with Crippen molar-refractivity contribution in [3.05, 3.63) is 72.6 Å². The molecule has 2 amide bonds. The molecule has 1 N–H and O–H groups in total. The van der Waals surface area contributed by atoms with E-state index >= 15 is 0 Å². The Kier molecular flexibility index (Phi) is 6.18. The topological polar surface area (TPSA) is 67.2 Å². The summed E-state index contributed by atoms with van der Waals surface area (Å²) in [6.45, 7) is 1.05. The van der Waals surface area contributed by atoms with Crippen LogP contribution in [0.4, 0.5) is 5.69 Å². The Morgan fingerprint density at radius 3 is 2.47 bits per heavy atom. The predicted molar refractivity (Wildman–Crippen MR) is 119 cm³/mol. The molecule has 7 heteroatoms. The number of anilines is 1. The molecule has 0 saturated carbocycles. The highest BCUT2D eigenvalue weighted by atomic mass is 32.2. The lowest BCUT2D eigenvalue weighted by Crippen LogP contribution is -2.44. The molecular weight excluding hydrogens is 396 g/mol. The lowest BCUT2D eigenvalue weighted by molar-refractivity contribution is -0.121. The first-order valence-electron chi connectivity index (χ1n) is 9.99. The van der Waals surface area contributed by atoms with Crippen molar-refractivity contribution in [1.82, 2.24) is 14.5 Å². The van der Waals surface area contributed by atoms with Gasteiger partial charge in [0.25, 0.3) is 5.91 Å². The van der Waals surface area contributed by atoms with Crippen molar-refractivity contribution < 1.29 is 9.59 Å². The Hall–Kier alpha value is -3.06. The molecule has 0 radical (unpaired) electrons. The summed E-state index contributed by atoms with van der Waals surface area (Å²) in [4.78, 5) is 32.3. The minimum atomic E-state index is -0.226. The van der Waals surface area contributed by atoms with Gasteiger partial charge in [-0.1, -0.05) is 48.2 Å². The number of likely N-dealkylation sites (tertiary alicyclic amines) is 1. The van der Waals surface area contributed by atoms with E-state index in [-0.39, 0.29) is 17.7 Å². The zero-order chi connectivity index (χ0) is 20.9. The van der Waals surface area contributed by atoms with E-state index in [1.54, 1.807) is 11.1 Å². The highest BCUT2D eigenvalue weighted by Crippen LogP contribution is 2.25. The second-order valence-corrected chi connectivity index (χ2v) is 8.02. The van der Waals surface area contributed by atoms with Gasteiger partial charge in [0.15, 0.2) is 5.16 Å². The molecule has 0 unspecified atom stereocenters. The van der Waals surface area contributed by atoms with Crippen LogP contribution in [0.5, 0.6) is 0 Å². The maximum absolute atomic E-state index is 13.4.